The van der Waals surface area contributed by atoms with E-state index < -0.39 is 11.6 Å². The molecule has 0 spiro atoms. The smallest absolute Gasteiger partial charge is 0.341 e. The molecule has 4 rings (SSSR count). The number of phenolic OH excluding ortho intramolecular Hbond substituents is 2. The molecule has 172 valence electrons. The number of rotatable bonds is 4. The van der Waals surface area contributed by atoms with Gasteiger partial charge in [0.2, 0.25) is 0 Å². The Balaban J connectivity index is 2.24. The van der Waals surface area contributed by atoms with Gasteiger partial charge in [-0.3, -0.25) is 0 Å². The lowest BCUT2D eigenvalue weighted by Crippen LogP contribution is -2.33. The second-order valence-electron chi connectivity index (χ2n) is 9.49. The number of carbonyl (C=O) groups excluding carboxylic acids is 1. The molecule has 33 heavy (non-hydrogen) atoms. The maximum absolute atomic E-state index is 13.4. The zero-order valence-electron chi connectivity index (χ0n) is 19.8. The fourth-order valence-electron chi connectivity index (χ4n) is 4.81. The minimum atomic E-state index is -1.22. The van der Waals surface area contributed by atoms with Crippen LogP contribution in [-0.2, 0) is 10.3 Å². The molecule has 1 aliphatic heterocycles. The number of hydrogen-bond acceptors (Lipinski definition) is 4. The van der Waals surface area contributed by atoms with E-state index in [9.17, 15) is 15.0 Å². The Labute approximate surface area is 203 Å². The highest BCUT2D eigenvalue weighted by molar-refractivity contribution is 9.10. The first-order valence-electron chi connectivity index (χ1n) is 11.2. The van der Waals surface area contributed by atoms with Crippen molar-refractivity contribution in [3.05, 3.63) is 91.4 Å². The monoisotopic (exact) mass is 508 g/mol. The summed E-state index contributed by atoms with van der Waals surface area (Å²) >= 11 is 3.55. The van der Waals surface area contributed by atoms with E-state index in [1.165, 1.54) is 0 Å². The van der Waals surface area contributed by atoms with Crippen molar-refractivity contribution in [2.24, 2.45) is 0 Å². The summed E-state index contributed by atoms with van der Waals surface area (Å²) in [5, 5.41) is 21.1. The molecule has 1 heterocycles. The van der Waals surface area contributed by atoms with Gasteiger partial charge >= 0.3 is 5.97 Å². The molecule has 0 radical (unpaired) electrons. The predicted molar refractivity (Wildman–Crippen MR) is 133 cm³/mol. The van der Waals surface area contributed by atoms with Crippen LogP contribution in [0, 0.1) is 13.8 Å². The largest absolute Gasteiger partial charge is 0.508 e. The highest BCUT2D eigenvalue weighted by Gasteiger charge is 2.52. The van der Waals surface area contributed by atoms with Gasteiger partial charge in [0, 0.05) is 21.2 Å². The molecule has 0 aromatic heterocycles. The van der Waals surface area contributed by atoms with Crippen molar-refractivity contribution >= 4 is 21.9 Å². The molecule has 0 aliphatic carbocycles. The topological polar surface area (TPSA) is 66.8 Å². The fourth-order valence-corrected chi connectivity index (χ4v) is 5.33. The van der Waals surface area contributed by atoms with E-state index >= 15 is 0 Å². The van der Waals surface area contributed by atoms with Gasteiger partial charge in [-0.15, -0.1) is 0 Å². The number of aromatic hydroxyl groups is 2. The van der Waals surface area contributed by atoms with Gasteiger partial charge < -0.3 is 14.9 Å². The molecule has 4 nitrogen and oxygen atoms in total. The maximum atomic E-state index is 13.4. The van der Waals surface area contributed by atoms with E-state index in [1.807, 2.05) is 44.2 Å². The predicted octanol–water partition coefficient (Wildman–Crippen LogP) is 7.19. The third-order valence-corrected chi connectivity index (χ3v) is 7.24. The van der Waals surface area contributed by atoms with E-state index in [-0.39, 0.29) is 23.3 Å². The van der Waals surface area contributed by atoms with Gasteiger partial charge in [0.05, 0.1) is 5.56 Å². The minimum Gasteiger partial charge on any atom is -0.508 e. The number of cyclic esters (lactones) is 1. The molecule has 1 aliphatic rings. The standard InChI is InChI=1S/C28H29BrO4/c1-14(2)18-12-24(30)16(5)10-21(18)28(20-8-7-9-23(29)26(20)27(32)33-28)22-11-17(6)25(31)13-19(22)15(3)4/h7-15,30-31H,1-6H3. The summed E-state index contributed by atoms with van der Waals surface area (Å²) in [5.74, 6) is 0.154. The van der Waals surface area contributed by atoms with Crippen molar-refractivity contribution in [3.63, 3.8) is 0 Å². The van der Waals surface area contributed by atoms with E-state index in [4.69, 9.17) is 4.74 Å². The highest BCUT2D eigenvalue weighted by atomic mass is 79.9. The van der Waals surface area contributed by atoms with E-state index in [0.29, 0.717) is 21.2 Å². The van der Waals surface area contributed by atoms with Crippen LogP contribution < -0.4 is 0 Å². The van der Waals surface area contributed by atoms with Crippen LogP contribution in [0.1, 0.15) is 88.8 Å². The highest BCUT2D eigenvalue weighted by Crippen LogP contribution is 2.53. The average Bonchev–Trinajstić information content (AvgIpc) is 3.05. The number of halogens is 1. The molecule has 2 N–H and O–H groups in total. The van der Waals surface area contributed by atoms with Crippen LogP contribution in [0.5, 0.6) is 11.5 Å². The molecule has 5 heteroatoms. The van der Waals surface area contributed by atoms with Crippen LogP contribution in [0.3, 0.4) is 0 Å². The Bertz CT molecular complexity index is 1210. The summed E-state index contributed by atoms with van der Waals surface area (Å²) in [6.07, 6.45) is 0. The zero-order chi connectivity index (χ0) is 24.2. The summed E-state index contributed by atoms with van der Waals surface area (Å²) in [4.78, 5) is 13.4. The van der Waals surface area contributed by atoms with E-state index in [1.54, 1.807) is 12.1 Å². The first-order chi connectivity index (χ1) is 15.5. The zero-order valence-corrected chi connectivity index (χ0v) is 21.4. The van der Waals surface area contributed by atoms with Crippen molar-refractivity contribution in [3.8, 4) is 11.5 Å². The van der Waals surface area contributed by atoms with Gasteiger partial charge in [-0.25, -0.2) is 4.79 Å². The second-order valence-corrected chi connectivity index (χ2v) is 10.3. The lowest BCUT2D eigenvalue weighted by molar-refractivity contribution is 0.0244. The molecule has 0 saturated carbocycles. The Morgan fingerprint density at radius 1 is 0.818 bits per heavy atom. The summed E-state index contributed by atoms with van der Waals surface area (Å²) in [6.45, 7) is 11.9. The Morgan fingerprint density at radius 3 is 1.76 bits per heavy atom. The van der Waals surface area contributed by atoms with Crippen LogP contribution in [0.15, 0.2) is 46.9 Å². The van der Waals surface area contributed by atoms with Gasteiger partial charge in [-0.2, -0.15) is 0 Å². The van der Waals surface area contributed by atoms with Crippen LogP contribution in [0.4, 0.5) is 0 Å². The summed E-state index contributed by atoms with van der Waals surface area (Å²) in [7, 11) is 0. The quantitative estimate of drug-likeness (QED) is 0.366. The van der Waals surface area contributed by atoms with Gasteiger partial charge in [0.1, 0.15) is 11.5 Å². The Kier molecular flexibility index (Phi) is 5.81. The molecule has 0 amide bonds. The van der Waals surface area contributed by atoms with Crippen LogP contribution >= 0.6 is 15.9 Å². The normalized spacial score (nSPS) is 14.6. The molecule has 0 atom stereocenters. The molecule has 0 saturated heterocycles. The molecule has 3 aromatic carbocycles. The second kappa shape index (κ2) is 8.21. The van der Waals surface area contributed by atoms with Gasteiger partial charge in [0.25, 0.3) is 0 Å². The lowest BCUT2D eigenvalue weighted by atomic mass is 9.72. The van der Waals surface area contributed by atoms with Gasteiger partial charge in [0.15, 0.2) is 5.60 Å². The Morgan fingerprint density at radius 2 is 1.30 bits per heavy atom. The van der Waals surface area contributed by atoms with Crippen molar-refractivity contribution in [1.29, 1.82) is 0 Å². The summed E-state index contributed by atoms with van der Waals surface area (Å²) in [6, 6.07) is 13.1. The molecular weight excluding hydrogens is 480 g/mol. The molecule has 3 aromatic rings. The van der Waals surface area contributed by atoms with Crippen LogP contribution in [0.25, 0.3) is 0 Å². The third-order valence-electron chi connectivity index (χ3n) is 6.58. The summed E-state index contributed by atoms with van der Waals surface area (Å²) < 4.78 is 7.09. The van der Waals surface area contributed by atoms with Crippen molar-refractivity contribution < 1.29 is 19.7 Å². The summed E-state index contributed by atoms with van der Waals surface area (Å²) in [5.41, 5.74) is 4.89. The molecule has 0 unspecified atom stereocenters. The number of aryl methyl sites for hydroxylation is 2. The van der Waals surface area contributed by atoms with Crippen molar-refractivity contribution in [2.75, 3.05) is 0 Å². The van der Waals surface area contributed by atoms with Gasteiger partial charge in [-0.1, -0.05) is 39.8 Å². The Hall–Kier alpha value is -2.79. The number of esters is 1. The number of carbonyl (C=O) groups is 1. The number of phenols is 2. The lowest BCUT2D eigenvalue weighted by Gasteiger charge is -2.36. The molecule has 0 bridgehead atoms. The van der Waals surface area contributed by atoms with Crippen LogP contribution in [0.2, 0.25) is 0 Å². The molecule has 0 fully saturated rings. The number of ether oxygens (including phenoxy) is 1. The van der Waals surface area contributed by atoms with Crippen molar-refractivity contribution in [2.45, 2.75) is 59.0 Å². The van der Waals surface area contributed by atoms with Crippen LogP contribution in [-0.4, -0.2) is 16.2 Å². The first-order valence-corrected chi connectivity index (χ1v) is 12.0. The molecular formula is C28H29BrO4. The fraction of sp³-hybridized carbons (Fsp3) is 0.321. The van der Waals surface area contributed by atoms with Crippen molar-refractivity contribution in [1.82, 2.24) is 0 Å². The number of hydrogen-bond donors (Lipinski definition) is 2. The maximum Gasteiger partial charge on any atom is 0.341 e. The number of benzene rings is 3. The number of fused-ring (bicyclic) bond motifs is 1. The third kappa shape index (κ3) is 3.54. The van der Waals surface area contributed by atoms with Gasteiger partial charge in [-0.05, 0) is 94.2 Å². The minimum absolute atomic E-state index is 0.0685. The SMILES string of the molecule is Cc1cc(C2(c3cc(C)c(O)cc3C(C)C)OC(=O)c3c(Br)cccc32)c(C(C)C)cc1O. The van der Waals surface area contributed by atoms with E-state index in [2.05, 4.69) is 43.6 Å². The average molecular weight is 509 g/mol. The first kappa shape index (κ1) is 23.4. The van der Waals surface area contributed by atoms with E-state index in [0.717, 1.165) is 27.8 Å².